The van der Waals surface area contributed by atoms with E-state index in [1.807, 2.05) is 4.90 Å². The molecule has 3 rings (SSSR count). The Morgan fingerprint density at radius 1 is 0.839 bits per heavy atom. The van der Waals surface area contributed by atoms with Crippen molar-refractivity contribution in [2.45, 2.75) is 57.3 Å². The number of carbonyl (C=O) groups is 2. The molecule has 2 heterocycles. The van der Waals surface area contributed by atoms with E-state index in [4.69, 9.17) is 0 Å². The molecule has 0 unspecified atom stereocenters. The minimum absolute atomic E-state index is 0.0147. The van der Waals surface area contributed by atoms with Gasteiger partial charge in [-0.15, -0.1) is 0 Å². The van der Waals surface area contributed by atoms with Crippen LogP contribution in [0.2, 0.25) is 0 Å². The molecule has 0 aliphatic carbocycles. The first-order valence-corrected chi connectivity index (χ1v) is 12.9. The fourth-order valence-corrected chi connectivity index (χ4v) is 5.61. The number of hydrogen-bond donors (Lipinski definition) is 0. The van der Waals surface area contributed by atoms with E-state index in [0.717, 1.165) is 31.2 Å². The summed E-state index contributed by atoms with van der Waals surface area (Å²) in [5, 5.41) is 0. The van der Waals surface area contributed by atoms with Crippen molar-refractivity contribution in [3.05, 3.63) is 29.8 Å². The van der Waals surface area contributed by atoms with Gasteiger partial charge in [-0.2, -0.15) is 4.31 Å². The minimum atomic E-state index is -3.45. The summed E-state index contributed by atoms with van der Waals surface area (Å²) in [7, 11) is -3.45. The van der Waals surface area contributed by atoms with E-state index >= 15 is 0 Å². The van der Waals surface area contributed by atoms with E-state index in [2.05, 4.69) is 13.8 Å². The first-order chi connectivity index (χ1) is 14.8. The van der Waals surface area contributed by atoms with Crippen molar-refractivity contribution in [1.82, 2.24) is 14.1 Å². The Hall–Kier alpha value is -1.93. The number of nitrogens with zero attached hydrogens (tertiary/aromatic N) is 3. The number of carbonyl (C=O) groups excluding carboxylic acids is 2. The molecular weight excluding hydrogens is 414 g/mol. The second kappa shape index (κ2) is 10.6. The topological polar surface area (TPSA) is 78.0 Å². The van der Waals surface area contributed by atoms with Gasteiger partial charge in [0.15, 0.2) is 0 Å². The molecule has 2 aliphatic rings. The van der Waals surface area contributed by atoms with Crippen molar-refractivity contribution in [3.63, 3.8) is 0 Å². The molecule has 7 nitrogen and oxygen atoms in total. The number of benzene rings is 1. The van der Waals surface area contributed by atoms with E-state index in [1.54, 1.807) is 33.5 Å². The highest BCUT2D eigenvalue weighted by molar-refractivity contribution is 7.89. The summed E-state index contributed by atoms with van der Waals surface area (Å²) in [5.41, 5.74) is 0.804. The molecule has 1 aromatic rings. The summed E-state index contributed by atoms with van der Waals surface area (Å²) in [6.45, 7) is 7.63. The summed E-state index contributed by atoms with van der Waals surface area (Å²) in [4.78, 5) is 28.9. The Balaban J connectivity index is 1.50. The average molecular weight is 450 g/mol. The minimum Gasteiger partial charge on any atom is -0.339 e. The SMILES string of the molecule is CC(C)CCC(=O)N1CCN(C(=O)Cc2ccc(S(=O)(=O)N3CCCCC3)cc2)CC1. The molecule has 0 bridgehead atoms. The molecule has 2 fully saturated rings. The Morgan fingerprint density at radius 2 is 1.39 bits per heavy atom. The molecule has 1 aromatic carbocycles. The predicted molar refractivity (Wildman–Crippen MR) is 120 cm³/mol. The number of piperidine rings is 1. The monoisotopic (exact) mass is 449 g/mol. The Morgan fingerprint density at radius 3 is 1.94 bits per heavy atom. The zero-order valence-corrected chi connectivity index (χ0v) is 19.6. The molecule has 172 valence electrons. The number of piperazine rings is 1. The van der Waals surface area contributed by atoms with Crippen LogP contribution in [0, 0.1) is 5.92 Å². The van der Waals surface area contributed by atoms with E-state index in [0.29, 0.717) is 56.5 Å². The lowest BCUT2D eigenvalue weighted by Gasteiger charge is -2.35. The third-order valence-corrected chi connectivity index (χ3v) is 8.07. The van der Waals surface area contributed by atoms with Gasteiger partial charge in [-0.25, -0.2) is 8.42 Å². The molecule has 2 saturated heterocycles. The van der Waals surface area contributed by atoms with Crippen molar-refractivity contribution in [1.29, 1.82) is 0 Å². The van der Waals surface area contributed by atoms with Gasteiger partial charge < -0.3 is 9.80 Å². The molecule has 8 heteroatoms. The third-order valence-electron chi connectivity index (χ3n) is 6.15. The van der Waals surface area contributed by atoms with Crippen LogP contribution in [0.15, 0.2) is 29.2 Å². The van der Waals surface area contributed by atoms with Crippen LogP contribution in [0.25, 0.3) is 0 Å². The van der Waals surface area contributed by atoms with E-state index in [1.165, 1.54) is 0 Å². The Labute approximate surface area is 186 Å². The van der Waals surface area contributed by atoms with Crippen molar-refractivity contribution < 1.29 is 18.0 Å². The van der Waals surface area contributed by atoms with Gasteiger partial charge in [0, 0.05) is 45.7 Å². The largest absolute Gasteiger partial charge is 0.339 e. The van der Waals surface area contributed by atoms with Crippen LogP contribution in [0.3, 0.4) is 0 Å². The van der Waals surface area contributed by atoms with Gasteiger partial charge in [0.25, 0.3) is 0 Å². The fourth-order valence-electron chi connectivity index (χ4n) is 4.10. The molecule has 0 spiro atoms. The second-order valence-corrected chi connectivity index (χ2v) is 10.9. The van der Waals surface area contributed by atoms with Crippen LogP contribution < -0.4 is 0 Å². The summed E-state index contributed by atoms with van der Waals surface area (Å²) >= 11 is 0. The van der Waals surface area contributed by atoms with E-state index < -0.39 is 10.0 Å². The van der Waals surface area contributed by atoms with E-state index in [-0.39, 0.29) is 18.2 Å². The quantitative estimate of drug-likeness (QED) is 0.641. The predicted octanol–water partition coefficient (Wildman–Crippen LogP) is 2.51. The zero-order valence-electron chi connectivity index (χ0n) is 18.8. The van der Waals surface area contributed by atoms with E-state index in [9.17, 15) is 18.0 Å². The molecule has 2 amide bonds. The lowest BCUT2D eigenvalue weighted by molar-refractivity contribution is -0.139. The number of sulfonamides is 1. The first-order valence-electron chi connectivity index (χ1n) is 11.4. The standard InChI is InChI=1S/C23H35N3O4S/c1-19(2)6-11-22(27)24-14-16-25(17-15-24)23(28)18-20-7-9-21(10-8-20)31(29,30)26-12-4-3-5-13-26/h7-10,19H,3-6,11-18H2,1-2H3. The number of amides is 2. The lowest BCUT2D eigenvalue weighted by atomic mass is 10.1. The maximum atomic E-state index is 12.8. The van der Waals surface area contributed by atoms with Crippen LogP contribution in [-0.2, 0) is 26.0 Å². The average Bonchev–Trinajstić information content (AvgIpc) is 2.78. The molecule has 0 atom stereocenters. The Bertz CT molecular complexity index is 853. The highest BCUT2D eigenvalue weighted by atomic mass is 32.2. The lowest BCUT2D eigenvalue weighted by Crippen LogP contribution is -2.51. The molecule has 0 aromatic heterocycles. The van der Waals surface area contributed by atoms with Gasteiger partial charge in [-0.1, -0.05) is 32.4 Å². The first kappa shape index (κ1) is 23.7. The summed E-state index contributed by atoms with van der Waals surface area (Å²) < 4.78 is 27.1. The van der Waals surface area contributed by atoms with Gasteiger partial charge in [0.2, 0.25) is 21.8 Å². The normalized spacial score (nSPS) is 18.4. The van der Waals surface area contributed by atoms with Crippen molar-refractivity contribution in [3.8, 4) is 0 Å². The zero-order chi connectivity index (χ0) is 22.4. The molecule has 0 saturated carbocycles. The van der Waals surface area contributed by atoms with Crippen LogP contribution in [0.4, 0.5) is 0 Å². The molecule has 31 heavy (non-hydrogen) atoms. The van der Waals surface area contributed by atoms with Gasteiger partial charge in [-0.05, 0) is 42.9 Å². The van der Waals surface area contributed by atoms with Gasteiger partial charge in [-0.3, -0.25) is 9.59 Å². The highest BCUT2D eigenvalue weighted by Gasteiger charge is 2.27. The third kappa shape index (κ3) is 6.29. The number of hydrogen-bond acceptors (Lipinski definition) is 4. The molecule has 2 aliphatic heterocycles. The molecular formula is C23H35N3O4S. The summed E-state index contributed by atoms with van der Waals surface area (Å²) in [6.07, 6.45) is 4.59. The summed E-state index contributed by atoms with van der Waals surface area (Å²) in [5.74, 6) is 0.695. The van der Waals surface area contributed by atoms with Crippen LogP contribution in [-0.4, -0.2) is 73.6 Å². The Kier molecular flexibility index (Phi) is 8.11. The highest BCUT2D eigenvalue weighted by Crippen LogP contribution is 2.21. The van der Waals surface area contributed by atoms with Crippen molar-refractivity contribution in [2.24, 2.45) is 5.92 Å². The summed E-state index contributed by atoms with van der Waals surface area (Å²) in [6, 6.07) is 6.69. The second-order valence-electron chi connectivity index (χ2n) is 8.98. The van der Waals surface area contributed by atoms with Gasteiger partial charge in [0.05, 0.1) is 11.3 Å². The van der Waals surface area contributed by atoms with Crippen molar-refractivity contribution in [2.75, 3.05) is 39.3 Å². The smallest absolute Gasteiger partial charge is 0.243 e. The number of rotatable bonds is 7. The molecule has 0 N–H and O–H groups in total. The van der Waals surface area contributed by atoms with Crippen molar-refractivity contribution >= 4 is 21.8 Å². The van der Waals surface area contributed by atoms with Crippen LogP contribution in [0.5, 0.6) is 0 Å². The van der Waals surface area contributed by atoms with Crippen LogP contribution in [0.1, 0.15) is 51.5 Å². The van der Waals surface area contributed by atoms with Gasteiger partial charge >= 0.3 is 0 Å². The fraction of sp³-hybridized carbons (Fsp3) is 0.652. The maximum Gasteiger partial charge on any atom is 0.243 e. The van der Waals surface area contributed by atoms with Gasteiger partial charge in [0.1, 0.15) is 0 Å². The molecule has 0 radical (unpaired) electrons. The van der Waals surface area contributed by atoms with Crippen LogP contribution >= 0.6 is 0 Å². The maximum absolute atomic E-state index is 12.8.